The Morgan fingerprint density at radius 2 is 1.65 bits per heavy atom. The maximum absolute atomic E-state index is 12.6. The summed E-state index contributed by atoms with van der Waals surface area (Å²) in [5, 5.41) is 10.4. The summed E-state index contributed by atoms with van der Waals surface area (Å²) >= 11 is 18.1. The molecule has 2 aromatic carbocycles. The first-order valence-electron chi connectivity index (χ1n) is 9.87. The lowest BCUT2D eigenvalue weighted by atomic mass is 10.2. The van der Waals surface area contributed by atoms with Crippen molar-refractivity contribution < 1.29 is 18.7 Å². The van der Waals surface area contributed by atoms with Gasteiger partial charge in [0.2, 0.25) is 0 Å². The molecule has 11 heteroatoms. The number of carbonyl (C=O) groups is 2. The Balaban J connectivity index is 1.37. The van der Waals surface area contributed by atoms with E-state index in [2.05, 4.69) is 15.7 Å². The van der Waals surface area contributed by atoms with Gasteiger partial charge in [0.1, 0.15) is 12.4 Å². The Hall–Kier alpha value is -3.46. The maximum atomic E-state index is 12.6. The van der Waals surface area contributed by atoms with Crippen molar-refractivity contribution in [2.24, 2.45) is 7.05 Å². The molecular formula is C23H17Cl3N4O4. The van der Waals surface area contributed by atoms with Gasteiger partial charge in [-0.25, -0.2) is 0 Å². The Morgan fingerprint density at radius 1 is 0.971 bits per heavy atom. The lowest BCUT2D eigenvalue weighted by molar-refractivity contribution is 0.0991. The van der Waals surface area contributed by atoms with Crippen molar-refractivity contribution in [2.45, 2.75) is 6.61 Å². The standard InChI is InChI=1S/C23H17Cl3N4O4/c1-30-8-7-19(29-30)22(31)27-14-3-2-4-15(11-14)28-23(32)20-6-5-16(34-20)12-33-21-17(25)9-13(24)10-18(21)26/h2-11H,12H2,1H3,(H,27,31)(H,28,32). The van der Waals surface area contributed by atoms with Gasteiger partial charge in [0.25, 0.3) is 11.8 Å². The van der Waals surface area contributed by atoms with Crippen LogP contribution in [0.1, 0.15) is 26.8 Å². The fourth-order valence-electron chi connectivity index (χ4n) is 2.99. The highest BCUT2D eigenvalue weighted by atomic mass is 35.5. The van der Waals surface area contributed by atoms with Crippen molar-refractivity contribution >= 4 is 58.0 Å². The predicted octanol–water partition coefficient (Wildman–Crippen LogP) is 6.06. The zero-order valence-electron chi connectivity index (χ0n) is 17.6. The number of aryl methyl sites for hydroxylation is 1. The Kier molecular flexibility index (Phi) is 7.12. The summed E-state index contributed by atoms with van der Waals surface area (Å²) in [6.07, 6.45) is 1.67. The first-order chi connectivity index (χ1) is 16.3. The second kappa shape index (κ2) is 10.2. The molecule has 2 N–H and O–H groups in total. The molecule has 34 heavy (non-hydrogen) atoms. The van der Waals surface area contributed by atoms with E-state index >= 15 is 0 Å². The number of halogens is 3. The highest BCUT2D eigenvalue weighted by Crippen LogP contribution is 2.36. The number of anilines is 2. The van der Waals surface area contributed by atoms with Crippen LogP contribution < -0.4 is 15.4 Å². The predicted molar refractivity (Wildman–Crippen MR) is 130 cm³/mol. The molecule has 4 rings (SSSR count). The average molecular weight is 520 g/mol. The van der Waals surface area contributed by atoms with Gasteiger partial charge in [-0.3, -0.25) is 14.3 Å². The zero-order valence-corrected chi connectivity index (χ0v) is 19.9. The third-order valence-corrected chi connectivity index (χ3v) is 5.31. The molecule has 2 aromatic heterocycles. The van der Waals surface area contributed by atoms with Crippen LogP contribution >= 0.6 is 34.8 Å². The van der Waals surface area contributed by atoms with Gasteiger partial charge in [-0.2, -0.15) is 5.10 Å². The van der Waals surface area contributed by atoms with Crippen LogP contribution in [-0.4, -0.2) is 21.6 Å². The van der Waals surface area contributed by atoms with E-state index in [4.69, 9.17) is 44.0 Å². The Labute approximate surface area is 209 Å². The molecule has 0 atom stereocenters. The first kappa shape index (κ1) is 23.7. The highest BCUT2D eigenvalue weighted by molar-refractivity contribution is 6.40. The van der Waals surface area contributed by atoms with Crippen LogP contribution in [0, 0.1) is 0 Å². The lowest BCUT2D eigenvalue weighted by Gasteiger charge is -2.09. The molecule has 0 saturated carbocycles. The van der Waals surface area contributed by atoms with Crippen molar-refractivity contribution in [3.05, 3.63) is 93.1 Å². The number of aromatic nitrogens is 2. The summed E-state index contributed by atoms with van der Waals surface area (Å²) in [4.78, 5) is 24.9. The number of nitrogens with one attached hydrogen (secondary N) is 2. The van der Waals surface area contributed by atoms with E-state index < -0.39 is 5.91 Å². The zero-order chi connectivity index (χ0) is 24.2. The normalized spacial score (nSPS) is 10.7. The smallest absolute Gasteiger partial charge is 0.291 e. The van der Waals surface area contributed by atoms with Crippen molar-refractivity contribution in [2.75, 3.05) is 10.6 Å². The van der Waals surface area contributed by atoms with Crippen LogP contribution in [0.4, 0.5) is 11.4 Å². The van der Waals surface area contributed by atoms with Crippen molar-refractivity contribution in [1.29, 1.82) is 0 Å². The van der Waals surface area contributed by atoms with E-state index in [0.29, 0.717) is 22.2 Å². The van der Waals surface area contributed by atoms with Crippen LogP contribution in [-0.2, 0) is 13.7 Å². The number of hydrogen-bond acceptors (Lipinski definition) is 5. The molecule has 0 aliphatic rings. The molecule has 0 bridgehead atoms. The van der Waals surface area contributed by atoms with Gasteiger partial charge < -0.3 is 19.8 Å². The maximum Gasteiger partial charge on any atom is 0.291 e. The third kappa shape index (κ3) is 5.72. The topological polar surface area (TPSA) is 98.4 Å². The number of furan rings is 1. The molecule has 0 radical (unpaired) electrons. The molecule has 0 saturated heterocycles. The van der Waals surface area contributed by atoms with Gasteiger partial charge in [-0.05, 0) is 48.5 Å². The molecule has 8 nitrogen and oxygen atoms in total. The molecule has 0 aliphatic heterocycles. The SMILES string of the molecule is Cn1ccc(C(=O)Nc2cccc(NC(=O)c3ccc(COc4c(Cl)cc(Cl)cc4Cl)o3)c2)n1. The summed E-state index contributed by atoms with van der Waals surface area (Å²) in [5.74, 6) is -0.0965. The van der Waals surface area contributed by atoms with Gasteiger partial charge in [0.05, 0.1) is 10.0 Å². The molecule has 0 spiro atoms. The third-order valence-electron chi connectivity index (χ3n) is 4.53. The summed E-state index contributed by atoms with van der Waals surface area (Å²) in [6.45, 7) is 0.00336. The van der Waals surface area contributed by atoms with Crippen LogP contribution in [0.2, 0.25) is 15.1 Å². The number of nitrogens with zero attached hydrogens (tertiary/aromatic N) is 2. The number of rotatable bonds is 7. The largest absolute Gasteiger partial charge is 0.483 e. The molecule has 0 fully saturated rings. The van der Waals surface area contributed by atoms with Crippen molar-refractivity contribution in [1.82, 2.24) is 9.78 Å². The number of carbonyl (C=O) groups excluding carboxylic acids is 2. The fourth-order valence-corrected chi connectivity index (χ4v) is 3.91. The molecule has 2 amide bonds. The molecule has 4 aromatic rings. The molecule has 0 unspecified atom stereocenters. The van der Waals surface area contributed by atoms with E-state index in [9.17, 15) is 9.59 Å². The minimum Gasteiger partial charge on any atom is -0.483 e. The summed E-state index contributed by atoms with van der Waals surface area (Å²) in [6, 6.07) is 14.5. The number of hydrogen-bond donors (Lipinski definition) is 2. The van der Waals surface area contributed by atoms with Crippen LogP contribution in [0.15, 0.2) is 65.2 Å². The van der Waals surface area contributed by atoms with Gasteiger partial charge in [0.15, 0.2) is 17.2 Å². The molecule has 0 aliphatic carbocycles. The Bertz CT molecular complexity index is 1340. The fraction of sp³-hybridized carbons (Fsp3) is 0.0870. The molecular weight excluding hydrogens is 503 g/mol. The molecule has 174 valence electrons. The second-order valence-electron chi connectivity index (χ2n) is 7.12. The van der Waals surface area contributed by atoms with Crippen LogP contribution in [0.25, 0.3) is 0 Å². The van der Waals surface area contributed by atoms with E-state index in [0.717, 1.165) is 0 Å². The van der Waals surface area contributed by atoms with Gasteiger partial charge in [-0.1, -0.05) is 40.9 Å². The quantitative estimate of drug-likeness (QED) is 0.309. The minimum atomic E-state index is -0.470. The van der Waals surface area contributed by atoms with E-state index in [1.807, 2.05) is 0 Å². The van der Waals surface area contributed by atoms with Gasteiger partial charge in [-0.15, -0.1) is 0 Å². The lowest BCUT2D eigenvalue weighted by Crippen LogP contribution is -2.14. The summed E-state index contributed by atoms with van der Waals surface area (Å²) in [5.41, 5.74) is 1.25. The van der Waals surface area contributed by atoms with Gasteiger partial charge in [0, 0.05) is 29.6 Å². The van der Waals surface area contributed by atoms with Crippen molar-refractivity contribution in [3.8, 4) is 5.75 Å². The number of ether oxygens (including phenoxy) is 1. The second-order valence-corrected chi connectivity index (χ2v) is 8.37. The van der Waals surface area contributed by atoms with E-state index in [-0.39, 0.29) is 39.8 Å². The number of benzene rings is 2. The summed E-state index contributed by atoms with van der Waals surface area (Å²) < 4.78 is 12.7. The molecule has 2 heterocycles. The summed E-state index contributed by atoms with van der Waals surface area (Å²) in [7, 11) is 1.72. The Morgan fingerprint density at radius 3 is 2.29 bits per heavy atom. The van der Waals surface area contributed by atoms with Crippen LogP contribution in [0.3, 0.4) is 0 Å². The van der Waals surface area contributed by atoms with Crippen LogP contribution in [0.5, 0.6) is 5.75 Å². The monoisotopic (exact) mass is 518 g/mol. The van der Waals surface area contributed by atoms with Crippen molar-refractivity contribution in [3.63, 3.8) is 0 Å². The van der Waals surface area contributed by atoms with Gasteiger partial charge >= 0.3 is 0 Å². The average Bonchev–Trinajstić information content (AvgIpc) is 3.42. The van der Waals surface area contributed by atoms with E-state index in [1.165, 1.54) is 22.9 Å². The first-order valence-corrected chi connectivity index (χ1v) is 11.0. The number of amides is 2. The highest BCUT2D eigenvalue weighted by Gasteiger charge is 2.15. The minimum absolute atomic E-state index is 0.00336. The van der Waals surface area contributed by atoms with E-state index in [1.54, 1.807) is 49.6 Å².